The van der Waals surface area contributed by atoms with Crippen molar-refractivity contribution in [2.24, 2.45) is 0 Å². The number of esters is 1. The molecule has 0 fully saturated rings. The summed E-state index contributed by atoms with van der Waals surface area (Å²) in [4.78, 5) is 24.0. The molecule has 0 radical (unpaired) electrons. The van der Waals surface area contributed by atoms with Crippen LogP contribution in [-0.2, 0) is 14.3 Å². The molecule has 2 aromatic rings. The highest BCUT2D eigenvalue weighted by molar-refractivity contribution is 5.93. The lowest BCUT2D eigenvalue weighted by Gasteiger charge is -2.14. The maximum atomic E-state index is 12.1. The molecule has 0 heterocycles. The van der Waals surface area contributed by atoms with Gasteiger partial charge in [-0.1, -0.05) is 52.0 Å². The van der Waals surface area contributed by atoms with Gasteiger partial charge >= 0.3 is 5.97 Å². The van der Waals surface area contributed by atoms with Crippen LogP contribution < -0.4 is 10.1 Å². The number of amides is 1. The molecule has 150 valence electrons. The van der Waals surface area contributed by atoms with Crippen molar-refractivity contribution >= 4 is 17.6 Å². The Morgan fingerprint density at radius 3 is 2.25 bits per heavy atom. The number of hydrogen-bond donors (Lipinski definition) is 1. The van der Waals surface area contributed by atoms with E-state index in [1.807, 2.05) is 49.4 Å². The topological polar surface area (TPSA) is 64.6 Å². The quantitative estimate of drug-likeness (QED) is 0.665. The van der Waals surface area contributed by atoms with Gasteiger partial charge in [-0.2, -0.15) is 0 Å². The summed E-state index contributed by atoms with van der Waals surface area (Å²) in [6, 6.07) is 13.3. The van der Waals surface area contributed by atoms with Gasteiger partial charge in [0.05, 0.1) is 0 Å². The number of anilines is 1. The molecule has 5 heteroatoms. The molecule has 28 heavy (non-hydrogen) atoms. The lowest BCUT2D eigenvalue weighted by Crippen LogP contribution is -2.24. The molecule has 0 aliphatic rings. The Balaban J connectivity index is 1.81. The van der Waals surface area contributed by atoms with Crippen molar-refractivity contribution in [2.45, 2.75) is 46.5 Å². The second-order valence-electron chi connectivity index (χ2n) is 7.41. The molecule has 0 saturated heterocycles. The third-order valence-electron chi connectivity index (χ3n) is 4.44. The smallest absolute Gasteiger partial charge is 0.344 e. The summed E-state index contributed by atoms with van der Waals surface area (Å²) in [5, 5.41) is 2.79. The van der Waals surface area contributed by atoms with Crippen LogP contribution in [0.2, 0.25) is 0 Å². The predicted molar refractivity (Wildman–Crippen MR) is 111 cm³/mol. The lowest BCUT2D eigenvalue weighted by atomic mass is 9.98. The number of aryl methyl sites for hydroxylation is 1. The summed E-state index contributed by atoms with van der Waals surface area (Å²) < 4.78 is 10.5. The highest BCUT2D eigenvalue weighted by atomic mass is 16.6. The summed E-state index contributed by atoms with van der Waals surface area (Å²) in [6.45, 7) is 9.79. The van der Waals surface area contributed by atoms with Crippen LogP contribution in [0.5, 0.6) is 5.75 Å². The molecule has 0 aliphatic carbocycles. The normalized spacial score (nSPS) is 10.8. The number of carbonyl (C=O) groups is 2. The molecule has 0 bridgehead atoms. The van der Waals surface area contributed by atoms with E-state index in [-0.39, 0.29) is 25.0 Å². The van der Waals surface area contributed by atoms with Gasteiger partial charge in [0.15, 0.2) is 13.2 Å². The van der Waals surface area contributed by atoms with Crippen LogP contribution in [0.1, 0.15) is 56.2 Å². The molecule has 2 aromatic carbocycles. The van der Waals surface area contributed by atoms with Crippen LogP contribution in [0.15, 0.2) is 42.5 Å². The largest absolute Gasteiger partial charge is 0.482 e. The molecule has 5 nitrogen and oxygen atoms in total. The number of nitrogens with one attached hydrogen (secondary N) is 1. The molecule has 0 saturated carbocycles. The minimum atomic E-state index is -0.585. The van der Waals surface area contributed by atoms with Crippen LogP contribution in [0.25, 0.3) is 0 Å². The highest BCUT2D eigenvalue weighted by Gasteiger charge is 2.12. The average Bonchev–Trinajstić information content (AvgIpc) is 2.64. The summed E-state index contributed by atoms with van der Waals surface area (Å²) in [5.41, 5.74) is 4.12. The van der Waals surface area contributed by atoms with Gasteiger partial charge in [0.2, 0.25) is 0 Å². The van der Waals surface area contributed by atoms with Crippen molar-refractivity contribution in [2.75, 3.05) is 18.5 Å². The zero-order valence-electron chi connectivity index (χ0n) is 17.2. The number of para-hydroxylation sites is 1. The van der Waals surface area contributed by atoms with Crippen molar-refractivity contribution in [3.05, 3.63) is 59.2 Å². The Morgan fingerprint density at radius 1 is 0.929 bits per heavy atom. The van der Waals surface area contributed by atoms with Crippen LogP contribution >= 0.6 is 0 Å². The number of benzene rings is 2. The van der Waals surface area contributed by atoms with E-state index >= 15 is 0 Å². The zero-order valence-corrected chi connectivity index (χ0v) is 17.2. The molecule has 0 aromatic heterocycles. The van der Waals surface area contributed by atoms with Gasteiger partial charge in [-0.25, -0.2) is 4.79 Å². The standard InChI is InChI=1S/C23H29NO4/c1-15(2)19-11-10-18(12-17(19)5)27-14-23(26)28-13-22(25)24-21-9-7-6-8-20(21)16(3)4/h6-12,15-16H,13-14H2,1-5H3,(H,24,25). The van der Waals surface area contributed by atoms with Crippen molar-refractivity contribution < 1.29 is 19.1 Å². The van der Waals surface area contributed by atoms with Crippen molar-refractivity contribution in [3.8, 4) is 5.75 Å². The van der Waals surface area contributed by atoms with Gasteiger partial charge in [-0.3, -0.25) is 4.79 Å². The summed E-state index contributed by atoms with van der Waals surface area (Å²) >= 11 is 0. The first kappa shape index (κ1) is 21.5. The Hall–Kier alpha value is -2.82. The second kappa shape index (κ2) is 9.93. The predicted octanol–water partition coefficient (Wildman–Crippen LogP) is 4.80. The van der Waals surface area contributed by atoms with Crippen LogP contribution in [0.3, 0.4) is 0 Å². The number of hydrogen-bond acceptors (Lipinski definition) is 4. The summed E-state index contributed by atoms with van der Waals surface area (Å²) in [6.07, 6.45) is 0. The number of carbonyl (C=O) groups excluding carboxylic acids is 2. The molecule has 1 N–H and O–H groups in total. The first-order valence-electron chi connectivity index (χ1n) is 9.55. The average molecular weight is 383 g/mol. The molecular weight excluding hydrogens is 354 g/mol. The van der Waals surface area contributed by atoms with E-state index < -0.39 is 5.97 Å². The third kappa shape index (κ3) is 6.12. The first-order valence-corrected chi connectivity index (χ1v) is 9.55. The highest BCUT2D eigenvalue weighted by Crippen LogP contribution is 2.24. The fourth-order valence-corrected chi connectivity index (χ4v) is 3.02. The second-order valence-corrected chi connectivity index (χ2v) is 7.41. The fourth-order valence-electron chi connectivity index (χ4n) is 3.02. The van der Waals surface area contributed by atoms with E-state index in [0.29, 0.717) is 11.7 Å². The molecule has 1 amide bonds. The maximum Gasteiger partial charge on any atom is 0.344 e. The summed E-state index contributed by atoms with van der Waals surface area (Å²) in [7, 11) is 0. The van der Waals surface area contributed by atoms with E-state index in [2.05, 4.69) is 33.0 Å². The zero-order chi connectivity index (χ0) is 20.7. The van der Waals surface area contributed by atoms with Gasteiger partial charge in [-0.05, 0) is 53.6 Å². The summed E-state index contributed by atoms with van der Waals surface area (Å²) in [5.74, 6) is 0.349. The van der Waals surface area contributed by atoms with Gasteiger partial charge in [0, 0.05) is 5.69 Å². The minimum Gasteiger partial charge on any atom is -0.482 e. The van der Waals surface area contributed by atoms with E-state index in [1.165, 1.54) is 5.56 Å². The van der Waals surface area contributed by atoms with Crippen LogP contribution in [-0.4, -0.2) is 25.1 Å². The molecular formula is C23H29NO4. The van der Waals surface area contributed by atoms with Gasteiger partial charge in [-0.15, -0.1) is 0 Å². The van der Waals surface area contributed by atoms with Crippen LogP contribution in [0, 0.1) is 6.92 Å². The van der Waals surface area contributed by atoms with Crippen molar-refractivity contribution in [3.63, 3.8) is 0 Å². The van der Waals surface area contributed by atoms with Crippen molar-refractivity contribution in [1.29, 1.82) is 0 Å². The van der Waals surface area contributed by atoms with E-state index in [1.54, 1.807) is 0 Å². The minimum absolute atomic E-state index is 0.240. The Kier molecular flexibility index (Phi) is 7.61. The number of ether oxygens (including phenoxy) is 2. The van der Waals surface area contributed by atoms with Crippen LogP contribution in [0.4, 0.5) is 5.69 Å². The Bertz CT molecular complexity index is 827. The molecule has 0 atom stereocenters. The lowest BCUT2D eigenvalue weighted by molar-refractivity contribution is -0.149. The molecule has 0 aliphatic heterocycles. The maximum absolute atomic E-state index is 12.1. The first-order chi connectivity index (χ1) is 13.3. The van der Waals surface area contributed by atoms with E-state index in [4.69, 9.17) is 9.47 Å². The molecule has 2 rings (SSSR count). The molecule has 0 spiro atoms. The monoisotopic (exact) mass is 383 g/mol. The SMILES string of the molecule is Cc1cc(OCC(=O)OCC(=O)Nc2ccccc2C(C)C)ccc1C(C)C. The van der Waals surface area contributed by atoms with Crippen molar-refractivity contribution in [1.82, 2.24) is 0 Å². The fraction of sp³-hybridized carbons (Fsp3) is 0.391. The molecule has 0 unspecified atom stereocenters. The van der Waals surface area contributed by atoms with Gasteiger partial charge in [0.25, 0.3) is 5.91 Å². The van der Waals surface area contributed by atoms with E-state index in [0.717, 1.165) is 16.8 Å². The van der Waals surface area contributed by atoms with E-state index in [9.17, 15) is 9.59 Å². The third-order valence-corrected chi connectivity index (χ3v) is 4.44. The Labute approximate surface area is 167 Å². The van der Waals surface area contributed by atoms with Gasteiger partial charge < -0.3 is 14.8 Å². The number of rotatable bonds is 8. The Morgan fingerprint density at radius 2 is 1.61 bits per heavy atom. The van der Waals surface area contributed by atoms with Gasteiger partial charge in [0.1, 0.15) is 5.75 Å².